The van der Waals surface area contributed by atoms with Gasteiger partial charge in [0.2, 0.25) is 0 Å². The minimum absolute atomic E-state index is 0.0468. The van der Waals surface area contributed by atoms with Crippen LogP contribution in [-0.2, 0) is 20.8 Å². The molecule has 0 unspecified atom stereocenters. The van der Waals surface area contributed by atoms with E-state index in [1.165, 1.54) is 11.8 Å². The van der Waals surface area contributed by atoms with Gasteiger partial charge in [-0.3, -0.25) is 5.41 Å². The Morgan fingerprint density at radius 1 is 1.36 bits per heavy atom. The number of benzene rings is 1. The molecule has 2 aromatic rings. The van der Waals surface area contributed by atoms with Gasteiger partial charge < -0.3 is 19.2 Å². The van der Waals surface area contributed by atoms with Crippen molar-refractivity contribution in [3.8, 4) is 0 Å². The fourth-order valence-corrected chi connectivity index (χ4v) is 3.15. The molecular formula is C20H26N4O3S. The molecule has 0 radical (unpaired) electrons. The number of aromatic nitrogens is 2. The number of aliphatic imine (C=N–C) groups is 1. The van der Waals surface area contributed by atoms with Gasteiger partial charge in [-0.15, -0.1) is 0 Å². The molecule has 0 spiro atoms. The summed E-state index contributed by atoms with van der Waals surface area (Å²) in [5.74, 6) is 0.844. The fourth-order valence-electron chi connectivity index (χ4n) is 2.98. The maximum absolute atomic E-state index is 7.74. The Kier molecular flexibility index (Phi) is 7.64. The smallest absolute Gasteiger partial charge is 0.260 e. The van der Waals surface area contributed by atoms with Crippen LogP contribution in [0, 0.1) is 5.41 Å². The van der Waals surface area contributed by atoms with Crippen molar-refractivity contribution in [2.24, 2.45) is 4.99 Å². The van der Waals surface area contributed by atoms with Gasteiger partial charge in [0.05, 0.1) is 43.9 Å². The largest absolute Gasteiger partial charge is 0.475 e. The first kappa shape index (κ1) is 20.6. The standard InChI is InChI=1S/C20H26N4O3S/c1-3-26-19(24-20(21)28-2)18-22-11-16(23-18)17-10-9-15(27-17)13-25-12-14-7-5-4-6-8-14/h4-8,11,15,17,21H,3,9-10,12-13H2,1-2H3,(H,22,23)/b21-20?,24-19+/t15-,17+/m0/s1. The molecule has 150 valence electrons. The number of imidazole rings is 1. The molecule has 0 bridgehead atoms. The second-order valence-electron chi connectivity index (χ2n) is 6.37. The number of hydrogen-bond acceptors (Lipinski definition) is 6. The van der Waals surface area contributed by atoms with E-state index in [9.17, 15) is 0 Å². The zero-order valence-electron chi connectivity index (χ0n) is 16.2. The molecule has 0 amide bonds. The van der Waals surface area contributed by atoms with E-state index in [4.69, 9.17) is 19.6 Å². The monoisotopic (exact) mass is 402 g/mol. The summed E-state index contributed by atoms with van der Waals surface area (Å²) in [6.07, 6.45) is 5.43. The highest BCUT2D eigenvalue weighted by Gasteiger charge is 2.28. The lowest BCUT2D eigenvalue weighted by molar-refractivity contribution is -0.0215. The molecule has 1 fully saturated rings. The second kappa shape index (κ2) is 10.4. The topological polar surface area (TPSA) is 92.6 Å². The van der Waals surface area contributed by atoms with E-state index in [1.54, 1.807) is 12.5 Å². The average Bonchev–Trinajstić information content (AvgIpc) is 3.38. The van der Waals surface area contributed by atoms with Gasteiger partial charge in [-0.25, -0.2) is 4.98 Å². The van der Waals surface area contributed by atoms with Gasteiger partial charge in [0, 0.05) is 0 Å². The SMILES string of the molecule is CCO/C(=N/C(=N)SC)c1ncc([C@H]2CC[C@@H](COCc3ccccc3)O2)[nH]1. The van der Waals surface area contributed by atoms with E-state index in [2.05, 4.69) is 27.1 Å². The van der Waals surface area contributed by atoms with Gasteiger partial charge in [0.25, 0.3) is 5.90 Å². The van der Waals surface area contributed by atoms with Crippen molar-refractivity contribution in [1.29, 1.82) is 5.41 Å². The van der Waals surface area contributed by atoms with E-state index in [0.29, 0.717) is 31.5 Å². The van der Waals surface area contributed by atoms with E-state index in [-0.39, 0.29) is 17.4 Å². The van der Waals surface area contributed by atoms with E-state index < -0.39 is 0 Å². The predicted molar refractivity (Wildman–Crippen MR) is 111 cm³/mol. The number of amidine groups is 1. The van der Waals surface area contributed by atoms with Gasteiger partial charge >= 0.3 is 0 Å². The van der Waals surface area contributed by atoms with Gasteiger partial charge in [-0.2, -0.15) is 4.99 Å². The molecular weight excluding hydrogens is 376 g/mol. The molecule has 1 saturated heterocycles. The first-order valence-electron chi connectivity index (χ1n) is 9.36. The number of ether oxygens (including phenoxy) is 3. The number of rotatable bonds is 7. The van der Waals surface area contributed by atoms with Crippen LogP contribution in [0.25, 0.3) is 0 Å². The van der Waals surface area contributed by atoms with Crippen molar-refractivity contribution >= 4 is 22.8 Å². The Balaban J connectivity index is 1.54. The highest BCUT2D eigenvalue weighted by atomic mass is 32.2. The molecule has 1 aliphatic heterocycles. The van der Waals surface area contributed by atoms with Crippen molar-refractivity contribution in [1.82, 2.24) is 9.97 Å². The molecule has 28 heavy (non-hydrogen) atoms. The summed E-state index contributed by atoms with van der Waals surface area (Å²) < 4.78 is 17.5. The van der Waals surface area contributed by atoms with Crippen molar-refractivity contribution in [2.75, 3.05) is 19.5 Å². The Morgan fingerprint density at radius 3 is 2.93 bits per heavy atom. The number of thioether (sulfide) groups is 1. The zero-order chi connectivity index (χ0) is 19.8. The van der Waals surface area contributed by atoms with E-state index in [1.807, 2.05) is 25.1 Å². The summed E-state index contributed by atoms with van der Waals surface area (Å²) >= 11 is 1.25. The fraction of sp³-hybridized carbons (Fsp3) is 0.450. The van der Waals surface area contributed by atoms with Crippen LogP contribution in [0.1, 0.15) is 43.0 Å². The molecule has 2 N–H and O–H groups in total. The highest BCUT2D eigenvalue weighted by Crippen LogP contribution is 2.32. The van der Waals surface area contributed by atoms with E-state index in [0.717, 1.165) is 24.1 Å². The Hall–Kier alpha value is -2.16. The molecule has 1 aliphatic rings. The third kappa shape index (κ3) is 5.67. The lowest BCUT2D eigenvalue weighted by Gasteiger charge is -2.13. The molecule has 3 rings (SSSR count). The van der Waals surface area contributed by atoms with Gasteiger partial charge in [0.15, 0.2) is 11.0 Å². The summed E-state index contributed by atoms with van der Waals surface area (Å²) in [7, 11) is 0. The lowest BCUT2D eigenvalue weighted by atomic mass is 10.1. The Bertz CT molecular complexity index is 794. The number of aromatic amines is 1. The van der Waals surface area contributed by atoms with Crippen LogP contribution in [0.15, 0.2) is 41.5 Å². The number of nitrogens with one attached hydrogen (secondary N) is 2. The molecule has 2 heterocycles. The first-order valence-corrected chi connectivity index (χ1v) is 10.6. The molecule has 1 aromatic heterocycles. The summed E-state index contributed by atoms with van der Waals surface area (Å²) in [5.41, 5.74) is 2.05. The lowest BCUT2D eigenvalue weighted by Crippen LogP contribution is -2.15. The van der Waals surface area contributed by atoms with Crippen LogP contribution < -0.4 is 0 Å². The predicted octanol–water partition coefficient (Wildman–Crippen LogP) is 3.93. The summed E-state index contributed by atoms with van der Waals surface area (Å²) in [6, 6.07) is 10.1. The minimum atomic E-state index is -0.0468. The first-order chi connectivity index (χ1) is 13.7. The van der Waals surface area contributed by atoms with Gasteiger partial charge in [-0.1, -0.05) is 42.1 Å². The normalized spacial score (nSPS) is 19.7. The Morgan fingerprint density at radius 2 is 2.18 bits per heavy atom. The van der Waals surface area contributed by atoms with Crippen LogP contribution in [0.4, 0.5) is 0 Å². The van der Waals surface area contributed by atoms with Crippen LogP contribution >= 0.6 is 11.8 Å². The van der Waals surface area contributed by atoms with Crippen molar-refractivity contribution in [2.45, 2.75) is 38.6 Å². The molecule has 8 heteroatoms. The highest BCUT2D eigenvalue weighted by molar-refractivity contribution is 8.13. The molecule has 2 atom stereocenters. The van der Waals surface area contributed by atoms with Gasteiger partial charge in [0.1, 0.15) is 0 Å². The number of H-pyrrole nitrogens is 1. The van der Waals surface area contributed by atoms with Crippen LogP contribution in [0.5, 0.6) is 0 Å². The average molecular weight is 403 g/mol. The summed E-state index contributed by atoms with van der Waals surface area (Å²) in [5, 5.41) is 7.91. The van der Waals surface area contributed by atoms with Gasteiger partial charge in [-0.05, 0) is 31.6 Å². The maximum Gasteiger partial charge on any atom is 0.260 e. The van der Waals surface area contributed by atoms with Crippen LogP contribution in [0.2, 0.25) is 0 Å². The third-order valence-electron chi connectivity index (χ3n) is 4.35. The molecule has 0 aliphatic carbocycles. The van der Waals surface area contributed by atoms with Crippen molar-refractivity contribution < 1.29 is 14.2 Å². The second-order valence-corrected chi connectivity index (χ2v) is 7.17. The molecule has 0 saturated carbocycles. The quantitative estimate of drug-likeness (QED) is 0.541. The number of nitrogens with zero attached hydrogens (tertiary/aromatic N) is 2. The minimum Gasteiger partial charge on any atom is -0.475 e. The van der Waals surface area contributed by atoms with Crippen molar-refractivity contribution in [3.05, 3.63) is 53.6 Å². The Labute approximate surface area is 169 Å². The number of hydrogen-bond donors (Lipinski definition) is 2. The summed E-state index contributed by atoms with van der Waals surface area (Å²) in [6.45, 7) is 3.50. The van der Waals surface area contributed by atoms with Crippen LogP contribution in [0.3, 0.4) is 0 Å². The maximum atomic E-state index is 7.74. The molecule has 7 nitrogen and oxygen atoms in total. The van der Waals surface area contributed by atoms with Crippen LogP contribution in [-0.4, -0.2) is 46.6 Å². The zero-order valence-corrected chi connectivity index (χ0v) is 17.0. The third-order valence-corrected chi connectivity index (χ3v) is 4.82. The van der Waals surface area contributed by atoms with E-state index >= 15 is 0 Å². The van der Waals surface area contributed by atoms with Crippen molar-refractivity contribution in [3.63, 3.8) is 0 Å². The molecule has 1 aromatic carbocycles. The summed E-state index contributed by atoms with van der Waals surface area (Å²) in [4.78, 5) is 11.8.